The SMILES string of the molecule is CCCNCc1ccc(-c2ccc(OC)c(F)c2)o1. The molecule has 0 aliphatic rings. The van der Waals surface area contributed by atoms with Crippen molar-refractivity contribution in [2.75, 3.05) is 13.7 Å². The summed E-state index contributed by atoms with van der Waals surface area (Å²) in [6, 6.07) is 8.55. The molecule has 0 atom stereocenters. The smallest absolute Gasteiger partial charge is 0.165 e. The van der Waals surface area contributed by atoms with Crippen molar-refractivity contribution < 1.29 is 13.5 Å². The van der Waals surface area contributed by atoms with Crippen molar-refractivity contribution in [2.24, 2.45) is 0 Å². The Labute approximate surface area is 112 Å². The highest BCUT2D eigenvalue weighted by Gasteiger charge is 2.08. The lowest BCUT2D eigenvalue weighted by atomic mass is 10.1. The Bertz CT molecular complexity index is 537. The van der Waals surface area contributed by atoms with Crippen LogP contribution in [0.25, 0.3) is 11.3 Å². The molecule has 0 amide bonds. The molecule has 0 aliphatic heterocycles. The number of rotatable bonds is 6. The molecule has 0 radical (unpaired) electrons. The average Bonchev–Trinajstić information content (AvgIpc) is 2.88. The van der Waals surface area contributed by atoms with Crippen LogP contribution in [0.1, 0.15) is 19.1 Å². The first-order valence-corrected chi connectivity index (χ1v) is 6.38. The second kappa shape index (κ2) is 6.38. The quantitative estimate of drug-likeness (QED) is 0.809. The van der Waals surface area contributed by atoms with Crippen LogP contribution >= 0.6 is 0 Å². The third-order valence-electron chi connectivity index (χ3n) is 2.82. The van der Waals surface area contributed by atoms with Gasteiger partial charge in [-0.05, 0) is 43.3 Å². The highest BCUT2D eigenvalue weighted by atomic mass is 19.1. The Balaban J connectivity index is 2.11. The van der Waals surface area contributed by atoms with Crippen LogP contribution in [-0.4, -0.2) is 13.7 Å². The van der Waals surface area contributed by atoms with Gasteiger partial charge >= 0.3 is 0 Å². The minimum absolute atomic E-state index is 0.236. The zero-order valence-electron chi connectivity index (χ0n) is 11.2. The van der Waals surface area contributed by atoms with E-state index in [1.54, 1.807) is 12.1 Å². The van der Waals surface area contributed by atoms with Crippen LogP contribution in [0.2, 0.25) is 0 Å². The van der Waals surface area contributed by atoms with Crippen molar-refractivity contribution in [2.45, 2.75) is 19.9 Å². The van der Waals surface area contributed by atoms with Crippen molar-refractivity contribution in [3.8, 4) is 17.1 Å². The molecule has 19 heavy (non-hydrogen) atoms. The van der Waals surface area contributed by atoms with E-state index < -0.39 is 0 Å². The zero-order valence-corrected chi connectivity index (χ0v) is 11.2. The van der Waals surface area contributed by atoms with Gasteiger partial charge in [0.1, 0.15) is 11.5 Å². The predicted molar refractivity (Wildman–Crippen MR) is 72.7 cm³/mol. The van der Waals surface area contributed by atoms with Gasteiger partial charge in [0.05, 0.1) is 13.7 Å². The Kier molecular flexibility index (Phi) is 4.58. The summed E-state index contributed by atoms with van der Waals surface area (Å²) in [4.78, 5) is 0. The van der Waals surface area contributed by atoms with Gasteiger partial charge in [0, 0.05) is 5.56 Å². The molecule has 2 rings (SSSR count). The minimum atomic E-state index is -0.387. The first-order chi connectivity index (χ1) is 9.24. The third-order valence-corrected chi connectivity index (χ3v) is 2.82. The second-order valence-electron chi connectivity index (χ2n) is 4.29. The number of methoxy groups -OCH3 is 1. The summed E-state index contributed by atoms with van der Waals surface area (Å²) in [7, 11) is 1.45. The van der Waals surface area contributed by atoms with E-state index in [2.05, 4.69) is 12.2 Å². The molecule has 0 saturated carbocycles. The molecule has 0 unspecified atom stereocenters. The lowest BCUT2D eigenvalue weighted by Gasteiger charge is -2.03. The summed E-state index contributed by atoms with van der Waals surface area (Å²) in [5.74, 6) is 1.36. The predicted octanol–water partition coefficient (Wildman–Crippen LogP) is 3.59. The van der Waals surface area contributed by atoms with Gasteiger partial charge in [-0.3, -0.25) is 0 Å². The summed E-state index contributed by atoms with van der Waals surface area (Å²) in [5.41, 5.74) is 0.708. The molecular weight excluding hydrogens is 245 g/mol. The van der Waals surface area contributed by atoms with E-state index in [1.165, 1.54) is 13.2 Å². The molecule has 0 bridgehead atoms. The Morgan fingerprint density at radius 3 is 2.79 bits per heavy atom. The van der Waals surface area contributed by atoms with E-state index >= 15 is 0 Å². The van der Waals surface area contributed by atoms with Crippen molar-refractivity contribution in [3.63, 3.8) is 0 Å². The van der Waals surface area contributed by atoms with Crippen LogP contribution in [-0.2, 0) is 6.54 Å². The van der Waals surface area contributed by atoms with E-state index in [9.17, 15) is 4.39 Å². The molecule has 0 spiro atoms. The van der Waals surface area contributed by atoms with Crippen molar-refractivity contribution >= 4 is 0 Å². The van der Waals surface area contributed by atoms with Crippen LogP contribution in [0.3, 0.4) is 0 Å². The highest BCUT2D eigenvalue weighted by molar-refractivity contribution is 5.59. The fourth-order valence-electron chi connectivity index (χ4n) is 1.84. The van der Waals surface area contributed by atoms with Gasteiger partial charge in [0.2, 0.25) is 0 Å². The van der Waals surface area contributed by atoms with E-state index in [4.69, 9.17) is 9.15 Å². The van der Waals surface area contributed by atoms with Crippen LogP contribution in [0.4, 0.5) is 4.39 Å². The number of benzene rings is 1. The summed E-state index contributed by atoms with van der Waals surface area (Å²) in [5, 5.41) is 3.26. The summed E-state index contributed by atoms with van der Waals surface area (Å²) >= 11 is 0. The number of hydrogen-bond donors (Lipinski definition) is 1. The maximum Gasteiger partial charge on any atom is 0.165 e. The molecule has 0 aliphatic carbocycles. The van der Waals surface area contributed by atoms with Gasteiger partial charge in [-0.1, -0.05) is 6.92 Å². The van der Waals surface area contributed by atoms with Gasteiger partial charge in [-0.15, -0.1) is 0 Å². The average molecular weight is 263 g/mol. The molecule has 1 aromatic heterocycles. The molecule has 2 aromatic rings. The van der Waals surface area contributed by atoms with Gasteiger partial charge in [-0.25, -0.2) is 4.39 Å². The van der Waals surface area contributed by atoms with Crippen LogP contribution in [0.15, 0.2) is 34.7 Å². The largest absolute Gasteiger partial charge is 0.494 e. The minimum Gasteiger partial charge on any atom is -0.494 e. The lowest BCUT2D eigenvalue weighted by Crippen LogP contribution is -2.12. The number of hydrogen-bond acceptors (Lipinski definition) is 3. The number of nitrogens with one attached hydrogen (secondary N) is 1. The van der Waals surface area contributed by atoms with E-state index in [0.29, 0.717) is 17.9 Å². The molecule has 1 aromatic carbocycles. The number of ether oxygens (including phenoxy) is 1. The summed E-state index contributed by atoms with van der Waals surface area (Å²) < 4.78 is 24.2. The molecule has 0 fully saturated rings. The van der Waals surface area contributed by atoms with Gasteiger partial charge in [0.15, 0.2) is 11.6 Å². The fraction of sp³-hybridized carbons (Fsp3) is 0.333. The molecule has 4 heteroatoms. The fourth-order valence-corrected chi connectivity index (χ4v) is 1.84. The van der Waals surface area contributed by atoms with Gasteiger partial charge < -0.3 is 14.5 Å². The topological polar surface area (TPSA) is 34.4 Å². The van der Waals surface area contributed by atoms with Crippen molar-refractivity contribution in [3.05, 3.63) is 41.9 Å². The first kappa shape index (κ1) is 13.6. The lowest BCUT2D eigenvalue weighted by molar-refractivity contribution is 0.386. The van der Waals surface area contributed by atoms with Crippen LogP contribution < -0.4 is 10.1 Å². The van der Waals surface area contributed by atoms with E-state index in [1.807, 2.05) is 12.1 Å². The highest BCUT2D eigenvalue weighted by Crippen LogP contribution is 2.26. The maximum atomic E-state index is 13.6. The standard InChI is InChI=1S/C15H18FNO2/c1-3-8-17-10-12-5-7-14(19-12)11-4-6-15(18-2)13(16)9-11/h4-7,9,17H,3,8,10H2,1-2H3. The molecule has 3 nitrogen and oxygen atoms in total. The van der Waals surface area contributed by atoms with Crippen LogP contribution in [0, 0.1) is 5.82 Å². The van der Waals surface area contributed by atoms with Crippen molar-refractivity contribution in [1.29, 1.82) is 0 Å². The number of furan rings is 1. The molecular formula is C15H18FNO2. The number of halogens is 1. The van der Waals surface area contributed by atoms with Crippen LogP contribution in [0.5, 0.6) is 5.75 Å². The molecule has 1 N–H and O–H groups in total. The molecule has 1 heterocycles. The molecule has 102 valence electrons. The van der Waals surface area contributed by atoms with Crippen molar-refractivity contribution in [1.82, 2.24) is 5.32 Å². The Hall–Kier alpha value is -1.81. The monoisotopic (exact) mass is 263 g/mol. The normalized spacial score (nSPS) is 10.7. The zero-order chi connectivity index (χ0) is 13.7. The van der Waals surface area contributed by atoms with E-state index in [0.717, 1.165) is 18.7 Å². The first-order valence-electron chi connectivity index (χ1n) is 6.38. The second-order valence-corrected chi connectivity index (χ2v) is 4.29. The maximum absolute atomic E-state index is 13.6. The van der Waals surface area contributed by atoms with Gasteiger partial charge in [-0.2, -0.15) is 0 Å². The van der Waals surface area contributed by atoms with E-state index in [-0.39, 0.29) is 11.6 Å². The van der Waals surface area contributed by atoms with Gasteiger partial charge in [0.25, 0.3) is 0 Å². The molecule has 0 saturated heterocycles. The summed E-state index contributed by atoms with van der Waals surface area (Å²) in [6.07, 6.45) is 1.08. The Morgan fingerprint density at radius 1 is 1.26 bits per heavy atom. The summed E-state index contributed by atoms with van der Waals surface area (Å²) in [6.45, 7) is 3.75. The third kappa shape index (κ3) is 3.35. The Morgan fingerprint density at radius 2 is 2.11 bits per heavy atom.